The van der Waals surface area contributed by atoms with E-state index in [2.05, 4.69) is 5.32 Å². The Bertz CT molecular complexity index is 620. The first kappa shape index (κ1) is 15.4. The van der Waals surface area contributed by atoms with Gasteiger partial charge in [-0.2, -0.15) is 0 Å². The number of benzene rings is 2. The maximum absolute atomic E-state index is 12.1. The summed E-state index contributed by atoms with van der Waals surface area (Å²) in [6, 6.07) is 13.7. The molecule has 0 spiro atoms. The van der Waals surface area contributed by atoms with Gasteiger partial charge in [-0.15, -0.1) is 11.8 Å². The van der Waals surface area contributed by atoms with Gasteiger partial charge in [0.15, 0.2) is 0 Å². The highest BCUT2D eigenvalue weighted by Crippen LogP contribution is 2.24. The lowest BCUT2D eigenvalue weighted by atomic mass is 10.1. The first-order valence-electron chi connectivity index (χ1n) is 6.73. The van der Waals surface area contributed by atoms with E-state index < -0.39 is 0 Å². The van der Waals surface area contributed by atoms with Gasteiger partial charge < -0.3 is 10.1 Å². The molecule has 0 saturated carbocycles. The lowest BCUT2D eigenvalue weighted by molar-refractivity contribution is -0.113. The van der Waals surface area contributed by atoms with Crippen LogP contribution in [0.2, 0.25) is 0 Å². The van der Waals surface area contributed by atoms with Crippen molar-refractivity contribution in [3.63, 3.8) is 0 Å². The molecule has 2 aromatic rings. The predicted molar refractivity (Wildman–Crippen MR) is 88.3 cm³/mol. The number of thioether (sulfide) groups is 1. The molecule has 0 bridgehead atoms. The zero-order chi connectivity index (χ0) is 15.2. The first-order valence-corrected chi connectivity index (χ1v) is 7.71. The van der Waals surface area contributed by atoms with Gasteiger partial charge in [0.2, 0.25) is 5.91 Å². The number of aryl methyl sites for hydroxylation is 2. The van der Waals surface area contributed by atoms with Gasteiger partial charge in [0.05, 0.1) is 12.9 Å². The summed E-state index contributed by atoms with van der Waals surface area (Å²) in [6.07, 6.45) is 0. The number of ether oxygens (including phenoxy) is 1. The molecule has 1 amide bonds. The third-order valence-electron chi connectivity index (χ3n) is 3.16. The number of hydrogen-bond donors (Lipinski definition) is 1. The molecule has 0 heterocycles. The van der Waals surface area contributed by atoms with Gasteiger partial charge in [0.1, 0.15) is 5.75 Å². The van der Waals surface area contributed by atoms with Crippen molar-refractivity contribution in [1.29, 1.82) is 0 Å². The summed E-state index contributed by atoms with van der Waals surface area (Å²) >= 11 is 1.50. The van der Waals surface area contributed by atoms with Gasteiger partial charge in [0.25, 0.3) is 0 Å². The molecule has 2 aromatic carbocycles. The highest BCUT2D eigenvalue weighted by Gasteiger charge is 2.08. The Balaban J connectivity index is 1.96. The quantitative estimate of drug-likeness (QED) is 0.847. The third-order valence-corrected chi connectivity index (χ3v) is 4.15. The molecular weight excluding hydrogens is 282 g/mol. The van der Waals surface area contributed by atoms with Crippen LogP contribution in [-0.2, 0) is 4.79 Å². The largest absolute Gasteiger partial charge is 0.497 e. The van der Waals surface area contributed by atoms with E-state index >= 15 is 0 Å². The van der Waals surface area contributed by atoms with E-state index in [4.69, 9.17) is 4.74 Å². The van der Waals surface area contributed by atoms with Crippen LogP contribution in [0.15, 0.2) is 47.4 Å². The second kappa shape index (κ2) is 7.18. The monoisotopic (exact) mass is 301 g/mol. The van der Waals surface area contributed by atoms with Crippen LogP contribution in [0, 0.1) is 13.8 Å². The zero-order valence-electron chi connectivity index (χ0n) is 12.5. The highest BCUT2D eigenvalue weighted by atomic mass is 32.2. The van der Waals surface area contributed by atoms with Gasteiger partial charge in [0, 0.05) is 10.6 Å². The van der Waals surface area contributed by atoms with Crippen LogP contribution in [0.3, 0.4) is 0 Å². The fourth-order valence-electron chi connectivity index (χ4n) is 2.03. The van der Waals surface area contributed by atoms with Crippen molar-refractivity contribution < 1.29 is 9.53 Å². The average Bonchev–Trinajstić information content (AvgIpc) is 2.49. The zero-order valence-corrected chi connectivity index (χ0v) is 13.3. The summed E-state index contributed by atoms with van der Waals surface area (Å²) in [5, 5.41) is 2.99. The topological polar surface area (TPSA) is 38.3 Å². The fraction of sp³-hybridized carbons (Fsp3) is 0.235. The average molecular weight is 301 g/mol. The molecule has 2 rings (SSSR count). The molecule has 21 heavy (non-hydrogen) atoms. The number of hydrogen-bond acceptors (Lipinski definition) is 3. The Morgan fingerprint density at radius 2 is 1.81 bits per heavy atom. The lowest BCUT2D eigenvalue weighted by Crippen LogP contribution is -2.15. The van der Waals surface area contributed by atoms with Gasteiger partial charge in [-0.3, -0.25) is 4.79 Å². The highest BCUT2D eigenvalue weighted by molar-refractivity contribution is 8.00. The number of rotatable bonds is 5. The van der Waals surface area contributed by atoms with E-state index in [1.54, 1.807) is 7.11 Å². The number of amides is 1. The van der Waals surface area contributed by atoms with Gasteiger partial charge in [-0.25, -0.2) is 0 Å². The van der Waals surface area contributed by atoms with Crippen LogP contribution >= 0.6 is 11.8 Å². The molecule has 0 aliphatic carbocycles. The van der Waals surface area contributed by atoms with Crippen molar-refractivity contribution in [1.82, 2.24) is 0 Å². The van der Waals surface area contributed by atoms with Crippen LogP contribution < -0.4 is 10.1 Å². The number of anilines is 1. The van der Waals surface area contributed by atoms with Crippen LogP contribution in [-0.4, -0.2) is 18.8 Å². The van der Waals surface area contributed by atoms with Crippen molar-refractivity contribution in [2.75, 3.05) is 18.2 Å². The molecule has 0 saturated heterocycles. The SMILES string of the molecule is COc1cccc(SCC(=O)Nc2c(C)cccc2C)c1. The molecule has 0 aliphatic rings. The van der Waals surface area contributed by atoms with E-state index in [0.717, 1.165) is 27.5 Å². The molecule has 0 unspecified atom stereocenters. The summed E-state index contributed by atoms with van der Waals surface area (Å²) in [6.45, 7) is 4.00. The Morgan fingerprint density at radius 3 is 2.48 bits per heavy atom. The van der Waals surface area contributed by atoms with Crippen molar-refractivity contribution in [2.45, 2.75) is 18.7 Å². The van der Waals surface area contributed by atoms with Crippen LogP contribution in [0.4, 0.5) is 5.69 Å². The minimum absolute atomic E-state index is 0.000204. The summed E-state index contributed by atoms with van der Waals surface area (Å²) < 4.78 is 5.17. The number of nitrogens with one attached hydrogen (secondary N) is 1. The second-order valence-electron chi connectivity index (χ2n) is 4.78. The summed E-state index contributed by atoms with van der Waals surface area (Å²) in [7, 11) is 1.64. The fourth-order valence-corrected chi connectivity index (χ4v) is 2.77. The van der Waals surface area contributed by atoms with Crippen LogP contribution in [0.5, 0.6) is 5.75 Å². The Kier molecular flexibility index (Phi) is 5.28. The molecule has 0 atom stereocenters. The normalized spacial score (nSPS) is 10.2. The molecule has 1 N–H and O–H groups in total. The van der Waals surface area contributed by atoms with E-state index in [0.29, 0.717) is 5.75 Å². The molecule has 4 heteroatoms. The molecule has 0 aromatic heterocycles. The van der Waals surface area contributed by atoms with Gasteiger partial charge >= 0.3 is 0 Å². The molecule has 0 radical (unpaired) electrons. The number of para-hydroxylation sites is 1. The third kappa shape index (κ3) is 4.26. The van der Waals surface area contributed by atoms with Crippen LogP contribution in [0.25, 0.3) is 0 Å². The molecule has 3 nitrogen and oxygen atoms in total. The summed E-state index contributed by atoms with van der Waals surface area (Å²) in [5.41, 5.74) is 3.07. The predicted octanol–water partition coefficient (Wildman–Crippen LogP) is 4.04. The minimum atomic E-state index is 0.000204. The van der Waals surface area contributed by atoms with Gasteiger partial charge in [-0.1, -0.05) is 24.3 Å². The van der Waals surface area contributed by atoms with Crippen molar-refractivity contribution in [3.05, 3.63) is 53.6 Å². The number of carbonyl (C=O) groups is 1. The van der Waals surface area contributed by atoms with E-state index in [1.165, 1.54) is 11.8 Å². The Labute approximate surface area is 129 Å². The molecule has 0 aliphatic heterocycles. The summed E-state index contributed by atoms with van der Waals surface area (Å²) in [4.78, 5) is 13.1. The van der Waals surface area contributed by atoms with E-state index in [9.17, 15) is 4.79 Å². The van der Waals surface area contributed by atoms with Crippen molar-refractivity contribution >= 4 is 23.4 Å². The summed E-state index contributed by atoms with van der Waals surface area (Å²) in [5.74, 6) is 1.18. The molecule has 110 valence electrons. The number of carbonyl (C=O) groups excluding carboxylic acids is 1. The standard InChI is InChI=1S/C17H19NO2S/c1-12-6-4-7-13(2)17(12)18-16(19)11-21-15-9-5-8-14(10-15)20-3/h4-10H,11H2,1-3H3,(H,18,19). The Morgan fingerprint density at radius 1 is 1.14 bits per heavy atom. The first-order chi connectivity index (χ1) is 10.1. The second-order valence-corrected chi connectivity index (χ2v) is 5.83. The van der Waals surface area contributed by atoms with E-state index in [1.807, 2.05) is 56.3 Å². The van der Waals surface area contributed by atoms with Crippen molar-refractivity contribution in [3.8, 4) is 5.75 Å². The lowest BCUT2D eigenvalue weighted by Gasteiger charge is -2.11. The molecule has 0 fully saturated rings. The number of methoxy groups -OCH3 is 1. The van der Waals surface area contributed by atoms with Crippen molar-refractivity contribution in [2.24, 2.45) is 0 Å². The van der Waals surface area contributed by atoms with Gasteiger partial charge in [-0.05, 0) is 43.2 Å². The Hall–Kier alpha value is -1.94. The van der Waals surface area contributed by atoms with E-state index in [-0.39, 0.29) is 5.91 Å². The maximum atomic E-state index is 12.1. The van der Waals surface area contributed by atoms with Crippen LogP contribution in [0.1, 0.15) is 11.1 Å². The molecular formula is C17H19NO2S. The minimum Gasteiger partial charge on any atom is -0.497 e. The smallest absolute Gasteiger partial charge is 0.234 e. The maximum Gasteiger partial charge on any atom is 0.234 e.